The molecule has 0 atom stereocenters. The predicted molar refractivity (Wildman–Crippen MR) is 86.9 cm³/mol. The SMILES string of the molecule is CC(C)(C)OC(=O)N1CCC2(CC1)CC(N1CCNCC1)C2. The van der Waals surface area contributed by atoms with Gasteiger partial charge < -0.3 is 15.0 Å². The molecular formula is C17H31N3O2. The van der Waals surface area contributed by atoms with Crippen molar-refractivity contribution in [1.29, 1.82) is 0 Å². The zero-order chi connectivity index (χ0) is 15.8. The highest BCUT2D eigenvalue weighted by Crippen LogP contribution is 2.51. The summed E-state index contributed by atoms with van der Waals surface area (Å²) in [5, 5.41) is 3.43. The molecule has 0 aromatic heterocycles. The summed E-state index contributed by atoms with van der Waals surface area (Å²) >= 11 is 0. The van der Waals surface area contributed by atoms with Crippen LogP contribution in [0.1, 0.15) is 46.5 Å². The first-order valence-electron chi connectivity index (χ1n) is 8.80. The second-order valence-electron chi connectivity index (χ2n) is 8.32. The molecule has 126 valence electrons. The van der Waals surface area contributed by atoms with Gasteiger partial charge in [0, 0.05) is 45.3 Å². The van der Waals surface area contributed by atoms with Crippen molar-refractivity contribution in [3.8, 4) is 0 Å². The van der Waals surface area contributed by atoms with E-state index in [0.717, 1.165) is 45.1 Å². The Balaban J connectivity index is 1.44. The maximum Gasteiger partial charge on any atom is 0.410 e. The third kappa shape index (κ3) is 3.57. The number of nitrogens with one attached hydrogen (secondary N) is 1. The number of ether oxygens (including phenoxy) is 1. The first-order valence-corrected chi connectivity index (χ1v) is 8.80. The van der Waals surface area contributed by atoms with E-state index in [1.807, 2.05) is 25.7 Å². The van der Waals surface area contributed by atoms with Crippen LogP contribution in [0, 0.1) is 5.41 Å². The number of amides is 1. The van der Waals surface area contributed by atoms with Crippen molar-refractivity contribution in [3.63, 3.8) is 0 Å². The Labute approximate surface area is 134 Å². The largest absolute Gasteiger partial charge is 0.444 e. The molecule has 0 radical (unpaired) electrons. The molecule has 3 fully saturated rings. The van der Waals surface area contributed by atoms with E-state index in [4.69, 9.17) is 4.74 Å². The summed E-state index contributed by atoms with van der Waals surface area (Å²) in [6.45, 7) is 12.2. The molecule has 2 aliphatic heterocycles. The lowest BCUT2D eigenvalue weighted by Gasteiger charge is -2.55. The maximum absolute atomic E-state index is 12.1. The van der Waals surface area contributed by atoms with Crippen molar-refractivity contribution >= 4 is 6.09 Å². The number of piperidine rings is 1. The standard InChI is InChI=1S/C17H31N3O2/c1-16(2,3)22-15(21)20-8-4-17(5-9-20)12-14(13-17)19-10-6-18-7-11-19/h14,18H,4-13H2,1-3H3. The molecule has 1 spiro atoms. The van der Waals surface area contributed by atoms with Crippen LogP contribution in [-0.2, 0) is 4.74 Å². The number of carbonyl (C=O) groups excluding carboxylic acids is 1. The molecular weight excluding hydrogens is 278 g/mol. The summed E-state index contributed by atoms with van der Waals surface area (Å²) in [4.78, 5) is 16.7. The number of nitrogens with zero attached hydrogens (tertiary/aromatic N) is 2. The predicted octanol–water partition coefficient (Wildman–Crippen LogP) is 2.07. The van der Waals surface area contributed by atoms with Gasteiger partial charge >= 0.3 is 6.09 Å². The van der Waals surface area contributed by atoms with Crippen molar-refractivity contribution in [3.05, 3.63) is 0 Å². The number of likely N-dealkylation sites (tertiary alicyclic amines) is 1. The van der Waals surface area contributed by atoms with Gasteiger partial charge in [-0.15, -0.1) is 0 Å². The Hall–Kier alpha value is -0.810. The number of hydrogen-bond donors (Lipinski definition) is 1. The molecule has 0 aromatic carbocycles. The van der Waals surface area contributed by atoms with Crippen molar-refractivity contribution in [2.75, 3.05) is 39.3 Å². The van der Waals surface area contributed by atoms with Crippen LogP contribution in [-0.4, -0.2) is 66.8 Å². The monoisotopic (exact) mass is 309 g/mol. The fourth-order valence-electron chi connectivity index (χ4n) is 4.14. The van der Waals surface area contributed by atoms with E-state index < -0.39 is 5.60 Å². The molecule has 3 rings (SSSR count). The molecule has 5 nitrogen and oxygen atoms in total. The van der Waals surface area contributed by atoms with E-state index in [0.29, 0.717) is 5.41 Å². The normalized spacial score (nSPS) is 26.8. The molecule has 0 aromatic rings. The molecule has 2 heterocycles. The fourth-order valence-corrected chi connectivity index (χ4v) is 4.14. The molecule has 0 unspecified atom stereocenters. The summed E-state index contributed by atoms with van der Waals surface area (Å²) in [5.74, 6) is 0. The van der Waals surface area contributed by atoms with E-state index in [9.17, 15) is 4.79 Å². The Morgan fingerprint density at radius 3 is 2.23 bits per heavy atom. The van der Waals surface area contributed by atoms with Crippen LogP contribution in [0.15, 0.2) is 0 Å². The van der Waals surface area contributed by atoms with Crippen LogP contribution in [0.25, 0.3) is 0 Å². The van der Waals surface area contributed by atoms with Crippen LogP contribution >= 0.6 is 0 Å². The first kappa shape index (κ1) is 16.1. The minimum absolute atomic E-state index is 0.139. The summed E-state index contributed by atoms with van der Waals surface area (Å²) in [5.41, 5.74) is 0.115. The van der Waals surface area contributed by atoms with Crippen LogP contribution < -0.4 is 5.32 Å². The van der Waals surface area contributed by atoms with Gasteiger partial charge in [0.15, 0.2) is 0 Å². The van der Waals surface area contributed by atoms with Gasteiger partial charge in [-0.25, -0.2) is 4.79 Å². The van der Waals surface area contributed by atoms with Crippen LogP contribution in [0.5, 0.6) is 0 Å². The van der Waals surface area contributed by atoms with E-state index in [1.54, 1.807) is 0 Å². The Morgan fingerprint density at radius 2 is 1.68 bits per heavy atom. The smallest absolute Gasteiger partial charge is 0.410 e. The van der Waals surface area contributed by atoms with E-state index in [1.165, 1.54) is 25.9 Å². The lowest BCUT2D eigenvalue weighted by atomic mass is 9.60. The molecule has 0 bridgehead atoms. The minimum Gasteiger partial charge on any atom is -0.444 e. The fraction of sp³-hybridized carbons (Fsp3) is 0.941. The first-order chi connectivity index (χ1) is 10.4. The van der Waals surface area contributed by atoms with Gasteiger partial charge in [0.25, 0.3) is 0 Å². The van der Waals surface area contributed by atoms with Gasteiger partial charge in [-0.05, 0) is 51.9 Å². The van der Waals surface area contributed by atoms with Gasteiger partial charge in [-0.1, -0.05) is 0 Å². The highest BCUT2D eigenvalue weighted by Gasteiger charge is 2.48. The van der Waals surface area contributed by atoms with Crippen LogP contribution in [0.3, 0.4) is 0 Å². The second-order valence-corrected chi connectivity index (χ2v) is 8.32. The van der Waals surface area contributed by atoms with Gasteiger partial charge in [-0.2, -0.15) is 0 Å². The number of rotatable bonds is 1. The van der Waals surface area contributed by atoms with Gasteiger partial charge in [0.2, 0.25) is 0 Å². The van der Waals surface area contributed by atoms with Crippen molar-refractivity contribution in [2.45, 2.75) is 58.1 Å². The molecule has 5 heteroatoms. The third-order valence-electron chi connectivity index (χ3n) is 5.48. The topological polar surface area (TPSA) is 44.8 Å². The molecule has 22 heavy (non-hydrogen) atoms. The molecule has 1 saturated carbocycles. The average molecular weight is 309 g/mol. The van der Waals surface area contributed by atoms with Crippen LogP contribution in [0.4, 0.5) is 4.79 Å². The highest BCUT2D eigenvalue weighted by atomic mass is 16.6. The van der Waals surface area contributed by atoms with Gasteiger partial charge in [-0.3, -0.25) is 4.90 Å². The van der Waals surface area contributed by atoms with E-state index >= 15 is 0 Å². The maximum atomic E-state index is 12.1. The quantitative estimate of drug-likeness (QED) is 0.805. The number of piperazine rings is 1. The summed E-state index contributed by atoms with van der Waals surface area (Å²) in [6.07, 6.45) is 4.81. The van der Waals surface area contributed by atoms with Crippen LogP contribution in [0.2, 0.25) is 0 Å². The molecule has 1 N–H and O–H groups in total. The average Bonchev–Trinajstić information content (AvgIpc) is 2.44. The molecule has 1 amide bonds. The lowest BCUT2D eigenvalue weighted by Crippen LogP contribution is -2.59. The number of carbonyl (C=O) groups is 1. The summed E-state index contributed by atoms with van der Waals surface area (Å²) in [6, 6.07) is 0.787. The molecule has 1 aliphatic carbocycles. The minimum atomic E-state index is -0.393. The van der Waals surface area contributed by atoms with Crippen molar-refractivity contribution in [1.82, 2.24) is 15.1 Å². The summed E-state index contributed by atoms with van der Waals surface area (Å²) in [7, 11) is 0. The second kappa shape index (κ2) is 6.00. The highest BCUT2D eigenvalue weighted by molar-refractivity contribution is 5.68. The van der Waals surface area contributed by atoms with E-state index in [2.05, 4.69) is 10.2 Å². The molecule has 2 saturated heterocycles. The van der Waals surface area contributed by atoms with Gasteiger partial charge in [0.1, 0.15) is 5.60 Å². The molecule has 3 aliphatic rings. The zero-order valence-corrected chi connectivity index (χ0v) is 14.4. The third-order valence-corrected chi connectivity index (χ3v) is 5.48. The Bertz CT molecular complexity index is 397. The number of hydrogen-bond acceptors (Lipinski definition) is 4. The lowest BCUT2D eigenvalue weighted by molar-refractivity contribution is -0.0502. The zero-order valence-electron chi connectivity index (χ0n) is 14.4. The Kier molecular flexibility index (Phi) is 4.38. The summed E-state index contributed by atoms with van der Waals surface area (Å²) < 4.78 is 5.49. The Morgan fingerprint density at radius 1 is 1.09 bits per heavy atom. The van der Waals surface area contributed by atoms with E-state index in [-0.39, 0.29) is 6.09 Å². The van der Waals surface area contributed by atoms with Gasteiger partial charge in [0.05, 0.1) is 0 Å². The van der Waals surface area contributed by atoms with Crippen molar-refractivity contribution < 1.29 is 9.53 Å². The van der Waals surface area contributed by atoms with Crippen molar-refractivity contribution in [2.24, 2.45) is 5.41 Å².